The summed E-state index contributed by atoms with van der Waals surface area (Å²) in [5.74, 6) is -0.571. The second-order valence-corrected chi connectivity index (χ2v) is 4.45. The number of rotatable bonds is 2. The summed E-state index contributed by atoms with van der Waals surface area (Å²) in [5, 5.41) is -1.32. The molecule has 0 atom stereocenters. The third-order valence-electron chi connectivity index (χ3n) is 1.61. The molecule has 0 unspecified atom stereocenters. The molecular weight excluding hydrogens is 223 g/mol. The smallest absolute Gasteiger partial charge is 0.429 e. The average molecular weight is 232 g/mol. The van der Waals surface area contributed by atoms with Crippen LogP contribution in [0.1, 0.15) is 6.92 Å². The fourth-order valence-corrected chi connectivity index (χ4v) is 1.87. The minimum atomic E-state index is -4.15. The fourth-order valence-electron chi connectivity index (χ4n) is 0.905. The van der Waals surface area contributed by atoms with Gasteiger partial charge in [0.1, 0.15) is 5.82 Å². The van der Waals surface area contributed by atoms with E-state index in [0.717, 1.165) is 24.3 Å². The molecule has 0 heterocycles. The lowest BCUT2D eigenvalue weighted by Crippen LogP contribution is -2.16. The normalized spacial score (nSPS) is 11.1. The van der Waals surface area contributed by atoms with E-state index in [1.807, 2.05) is 0 Å². The van der Waals surface area contributed by atoms with E-state index in [4.69, 9.17) is 0 Å². The Bertz CT molecular complexity index is 450. The zero-order valence-electron chi connectivity index (χ0n) is 7.94. The molecule has 82 valence electrons. The van der Waals surface area contributed by atoms with Crippen molar-refractivity contribution in [2.45, 2.75) is 11.8 Å². The molecule has 0 N–H and O–H groups in total. The molecule has 1 aromatic carbocycles. The van der Waals surface area contributed by atoms with Crippen molar-refractivity contribution in [1.82, 2.24) is 0 Å². The van der Waals surface area contributed by atoms with E-state index in [1.54, 1.807) is 0 Å². The van der Waals surface area contributed by atoms with Crippen molar-refractivity contribution in [3.8, 4) is 0 Å². The molecular formula is C9H9FO4S. The quantitative estimate of drug-likeness (QED) is 0.575. The van der Waals surface area contributed by atoms with Gasteiger partial charge in [0.25, 0.3) is 9.84 Å². The Morgan fingerprint density at radius 3 is 2.33 bits per heavy atom. The van der Waals surface area contributed by atoms with E-state index in [-0.39, 0.29) is 11.5 Å². The van der Waals surface area contributed by atoms with Crippen molar-refractivity contribution in [2.75, 3.05) is 6.61 Å². The highest BCUT2D eigenvalue weighted by molar-refractivity contribution is 8.05. The first-order valence-corrected chi connectivity index (χ1v) is 5.64. The van der Waals surface area contributed by atoms with Crippen LogP contribution in [0.25, 0.3) is 0 Å². The summed E-state index contributed by atoms with van der Waals surface area (Å²) < 4.78 is 39.8. The number of carbonyl (C=O) groups is 1. The summed E-state index contributed by atoms with van der Waals surface area (Å²) in [6.07, 6.45) is 0. The summed E-state index contributed by atoms with van der Waals surface area (Å²) in [4.78, 5) is 10.8. The monoisotopic (exact) mass is 232 g/mol. The molecule has 0 saturated heterocycles. The highest BCUT2D eigenvalue weighted by Crippen LogP contribution is 2.13. The lowest BCUT2D eigenvalue weighted by atomic mass is 10.4. The van der Waals surface area contributed by atoms with Crippen molar-refractivity contribution >= 4 is 15.1 Å². The van der Waals surface area contributed by atoms with Crippen LogP contribution in [-0.2, 0) is 14.6 Å². The van der Waals surface area contributed by atoms with Gasteiger partial charge in [-0.2, -0.15) is 0 Å². The molecule has 0 radical (unpaired) electrons. The van der Waals surface area contributed by atoms with Gasteiger partial charge in [-0.25, -0.2) is 17.6 Å². The van der Waals surface area contributed by atoms with Crippen LogP contribution in [0.3, 0.4) is 0 Å². The minimum absolute atomic E-state index is 0.0285. The van der Waals surface area contributed by atoms with E-state index >= 15 is 0 Å². The number of halogens is 1. The number of benzene rings is 1. The summed E-state index contributed by atoms with van der Waals surface area (Å²) in [6, 6.07) is 3.96. The van der Waals surface area contributed by atoms with Crippen molar-refractivity contribution in [2.24, 2.45) is 0 Å². The van der Waals surface area contributed by atoms with Gasteiger partial charge >= 0.3 is 5.30 Å². The Kier molecular flexibility index (Phi) is 3.41. The van der Waals surface area contributed by atoms with Crippen LogP contribution in [0.2, 0.25) is 0 Å². The Morgan fingerprint density at radius 1 is 1.33 bits per heavy atom. The first-order chi connectivity index (χ1) is 6.98. The molecule has 0 aliphatic rings. The topological polar surface area (TPSA) is 60.4 Å². The van der Waals surface area contributed by atoms with Crippen LogP contribution < -0.4 is 0 Å². The maximum absolute atomic E-state index is 12.5. The van der Waals surface area contributed by atoms with Crippen LogP contribution in [0.5, 0.6) is 0 Å². The van der Waals surface area contributed by atoms with Gasteiger partial charge in [0.05, 0.1) is 11.5 Å². The molecule has 0 aromatic heterocycles. The Hall–Kier alpha value is -1.43. The molecule has 0 saturated carbocycles. The molecule has 15 heavy (non-hydrogen) atoms. The molecule has 0 bridgehead atoms. The van der Waals surface area contributed by atoms with Crippen LogP contribution in [0.4, 0.5) is 9.18 Å². The summed E-state index contributed by atoms with van der Waals surface area (Å²) in [7, 11) is -4.15. The fraction of sp³-hybridized carbons (Fsp3) is 0.222. The maximum atomic E-state index is 12.5. The zero-order chi connectivity index (χ0) is 11.5. The molecule has 0 amide bonds. The number of carbonyl (C=O) groups excluding carboxylic acids is 1. The number of sulfone groups is 1. The van der Waals surface area contributed by atoms with Gasteiger partial charge in [0.15, 0.2) is 0 Å². The predicted molar refractivity (Wildman–Crippen MR) is 50.6 cm³/mol. The van der Waals surface area contributed by atoms with Crippen LogP contribution in [-0.4, -0.2) is 20.3 Å². The van der Waals surface area contributed by atoms with Gasteiger partial charge in [-0.1, -0.05) is 0 Å². The molecule has 1 aromatic rings. The Morgan fingerprint density at radius 2 is 1.87 bits per heavy atom. The molecule has 0 aliphatic carbocycles. The van der Waals surface area contributed by atoms with Crippen molar-refractivity contribution < 1.29 is 22.3 Å². The molecule has 4 nitrogen and oxygen atoms in total. The van der Waals surface area contributed by atoms with Crippen molar-refractivity contribution in [3.63, 3.8) is 0 Å². The first kappa shape index (κ1) is 11.6. The minimum Gasteiger partial charge on any atom is -0.454 e. The Labute approximate surface area is 86.6 Å². The van der Waals surface area contributed by atoms with E-state index < -0.39 is 21.0 Å². The third kappa shape index (κ3) is 2.53. The van der Waals surface area contributed by atoms with E-state index in [2.05, 4.69) is 4.74 Å². The van der Waals surface area contributed by atoms with E-state index in [0.29, 0.717) is 0 Å². The molecule has 0 aliphatic heterocycles. The standard InChI is InChI=1S/C9H9FO4S/c1-2-14-9(11)15(12,13)8-5-3-7(10)4-6-8/h3-6H,2H2,1H3. The molecule has 0 spiro atoms. The largest absolute Gasteiger partial charge is 0.454 e. The number of hydrogen-bond donors (Lipinski definition) is 0. The van der Waals surface area contributed by atoms with Gasteiger partial charge in [0.2, 0.25) is 0 Å². The highest BCUT2D eigenvalue weighted by Gasteiger charge is 2.25. The van der Waals surface area contributed by atoms with Gasteiger partial charge in [-0.05, 0) is 31.2 Å². The van der Waals surface area contributed by atoms with Crippen molar-refractivity contribution in [3.05, 3.63) is 30.1 Å². The molecule has 1 rings (SSSR count). The summed E-state index contributed by atoms with van der Waals surface area (Å²) >= 11 is 0. The SMILES string of the molecule is CCOC(=O)S(=O)(=O)c1ccc(F)cc1. The highest BCUT2D eigenvalue weighted by atomic mass is 32.2. The lowest BCUT2D eigenvalue weighted by Gasteiger charge is -2.02. The Balaban J connectivity index is 3.06. The number of ether oxygens (including phenoxy) is 1. The lowest BCUT2D eigenvalue weighted by molar-refractivity contribution is 0.178. The average Bonchev–Trinajstić information content (AvgIpc) is 2.18. The third-order valence-corrected chi connectivity index (χ3v) is 3.05. The van der Waals surface area contributed by atoms with Gasteiger partial charge < -0.3 is 4.74 Å². The molecule has 0 fully saturated rings. The van der Waals surface area contributed by atoms with Gasteiger partial charge in [0, 0.05) is 0 Å². The summed E-state index contributed by atoms with van der Waals surface area (Å²) in [6.45, 7) is 1.47. The van der Waals surface area contributed by atoms with E-state index in [1.165, 1.54) is 6.92 Å². The van der Waals surface area contributed by atoms with Gasteiger partial charge in [-0.3, -0.25) is 0 Å². The number of hydrogen-bond acceptors (Lipinski definition) is 4. The van der Waals surface area contributed by atoms with Gasteiger partial charge in [-0.15, -0.1) is 0 Å². The van der Waals surface area contributed by atoms with Crippen LogP contribution in [0, 0.1) is 5.82 Å². The maximum Gasteiger partial charge on any atom is 0.429 e. The van der Waals surface area contributed by atoms with Crippen LogP contribution in [0.15, 0.2) is 29.2 Å². The second kappa shape index (κ2) is 4.39. The first-order valence-electron chi connectivity index (χ1n) is 4.16. The summed E-state index contributed by atoms with van der Waals surface area (Å²) in [5.41, 5.74) is 0. The predicted octanol–water partition coefficient (Wildman–Crippen LogP) is 1.76. The zero-order valence-corrected chi connectivity index (χ0v) is 8.75. The van der Waals surface area contributed by atoms with Crippen LogP contribution >= 0.6 is 0 Å². The molecule has 6 heteroatoms. The van der Waals surface area contributed by atoms with Crippen molar-refractivity contribution in [1.29, 1.82) is 0 Å². The van der Waals surface area contributed by atoms with E-state index in [9.17, 15) is 17.6 Å². The second-order valence-electron chi connectivity index (χ2n) is 2.64.